The third-order valence-corrected chi connectivity index (χ3v) is 6.11. The Hall–Kier alpha value is -1.27. The van der Waals surface area contributed by atoms with Crippen molar-refractivity contribution >= 4 is 21.2 Å². The van der Waals surface area contributed by atoms with Gasteiger partial charge in [-0.1, -0.05) is 0 Å². The second-order valence-electron chi connectivity index (χ2n) is 6.08. The number of nitrogens with zero attached hydrogens (tertiary/aromatic N) is 2. The molecule has 3 rings (SSSR count). The van der Waals surface area contributed by atoms with Crippen LogP contribution in [0.1, 0.15) is 6.42 Å². The minimum Gasteiger partial charge on any atom is -0.381 e. The van der Waals surface area contributed by atoms with Gasteiger partial charge in [-0.2, -0.15) is 0 Å². The second kappa shape index (κ2) is 5.85. The summed E-state index contributed by atoms with van der Waals surface area (Å²) in [5, 5.41) is 3.33. The van der Waals surface area contributed by atoms with Gasteiger partial charge in [0.15, 0.2) is 9.84 Å². The van der Waals surface area contributed by atoms with E-state index in [0.29, 0.717) is 12.2 Å². The lowest BCUT2D eigenvalue weighted by atomic mass is 10.2. The molecule has 1 aromatic rings. The maximum atomic E-state index is 11.5. The van der Waals surface area contributed by atoms with E-state index >= 15 is 0 Å². The lowest BCUT2D eigenvalue weighted by molar-refractivity contribution is 0.313. The van der Waals surface area contributed by atoms with Gasteiger partial charge in [0.1, 0.15) is 0 Å². The van der Waals surface area contributed by atoms with Crippen molar-refractivity contribution in [1.82, 2.24) is 4.90 Å². The molecule has 5 nitrogen and oxygen atoms in total. The summed E-state index contributed by atoms with van der Waals surface area (Å²) in [5.74, 6) is 0.567. The molecule has 0 aromatic heterocycles. The highest BCUT2D eigenvalue weighted by Crippen LogP contribution is 2.22. The third kappa shape index (κ3) is 3.68. The summed E-state index contributed by atoms with van der Waals surface area (Å²) in [6.07, 6.45) is 0.711. The largest absolute Gasteiger partial charge is 0.381 e. The summed E-state index contributed by atoms with van der Waals surface area (Å²) >= 11 is 0. The zero-order valence-electron chi connectivity index (χ0n) is 12.5. The Morgan fingerprint density at radius 1 is 1.10 bits per heavy atom. The molecule has 0 spiro atoms. The second-order valence-corrected chi connectivity index (χ2v) is 8.31. The highest BCUT2D eigenvalue weighted by molar-refractivity contribution is 7.91. The Labute approximate surface area is 126 Å². The predicted molar refractivity (Wildman–Crippen MR) is 86.8 cm³/mol. The lowest BCUT2D eigenvalue weighted by Gasteiger charge is -2.34. The van der Waals surface area contributed by atoms with Gasteiger partial charge in [-0.25, -0.2) is 8.42 Å². The van der Waals surface area contributed by atoms with Crippen molar-refractivity contribution in [3.8, 4) is 0 Å². The van der Waals surface area contributed by atoms with E-state index < -0.39 is 9.84 Å². The fraction of sp³-hybridized carbons (Fsp3) is 0.600. The van der Waals surface area contributed by atoms with E-state index in [0.717, 1.165) is 31.9 Å². The third-order valence-electron chi connectivity index (χ3n) is 4.34. The number of hydrogen-bond acceptors (Lipinski definition) is 5. The topological polar surface area (TPSA) is 52.6 Å². The van der Waals surface area contributed by atoms with Gasteiger partial charge in [0.05, 0.1) is 11.5 Å². The first kappa shape index (κ1) is 14.7. The van der Waals surface area contributed by atoms with Crippen LogP contribution in [-0.4, -0.2) is 64.1 Å². The molecule has 0 radical (unpaired) electrons. The molecule has 0 bridgehead atoms. The number of sulfone groups is 1. The van der Waals surface area contributed by atoms with Gasteiger partial charge in [0, 0.05) is 43.6 Å². The number of rotatable bonds is 3. The number of hydrogen-bond donors (Lipinski definition) is 1. The van der Waals surface area contributed by atoms with Gasteiger partial charge >= 0.3 is 0 Å². The molecule has 116 valence electrons. The average molecular weight is 309 g/mol. The quantitative estimate of drug-likeness (QED) is 0.904. The van der Waals surface area contributed by atoms with Gasteiger partial charge < -0.3 is 15.1 Å². The van der Waals surface area contributed by atoms with Crippen LogP contribution in [0.2, 0.25) is 0 Å². The van der Waals surface area contributed by atoms with E-state index in [2.05, 4.69) is 46.4 Å². The van der Waals surface area contributed by atoms with Crippen molar-refractivity contribution in [2.45, 2.75) is 12.5 Å². The molecule has 1 N–H and O–H groups in total. The van der Waals surface area contributed by atoms with Crippen LogP contribution < -0.4 is 10.2 Å². The Morgan fingerprint density at radius 2 is 1.76 bits per heavy atom. The monoisotopic (exact) mass is 309 g/mol. The van der Waals surface area contributed by atoms with E-state index in [4.69, 9.17) is 0 Å². The van der Waals surface area contributed by atoms with Crippen LogP contribution in [0, 0.1) is 0 Å². The number of piperazine rings is 1. The van der Waals surface area contributed by atoms with Crippen LogP contribution in [0.25, 0.3) is 0 Å². The van der Waals surface area contributed by atoms with Crippen LogP contribution in [0.15, 0.2) is 24.3 Å². The molecule has 1 unspecified atom stereocenters. The fourth-order valence-corrected chi connectivity index (χ4v) is 4.65. The van der Waals surface area contributed by atoms with Crippen LogP contribution in [-0.2, 0) is 9.84 Å². The first-order chi connectivity index (χ1) is 10.0. The molecule has 2 fully saturated rings. The molecule has 2 aliphatic heterocycles. The maximum absolute atomic E-state index is 11.5. The van der Waals surface area contributed by atoms with Gasteiger partial charge in [-0.3, -0.25) is 0 Å². The smallest absolute Gasteiger partial charge is 0.152 e. The van der Waals surface area contributed by atoms with Crippen molar-refractivity contribution in [2.24, 2.45) is 0 Å². The molecule has 21 heavy (non-hydrogen) atoms. The van der Waals surface area contributed by atoms with Crippen LogP contribution >= 0.6 is 0 Å². The minimum atomic E-state index is -2.82. The molecule has 0 amide bonds. The standard InChI is InChI=1S/C15H23N3O2S/c1-17-7-9-18(10-8-17)15-4-2-13(3-5-15)16-14-6-11-21(19,20)12-14/h2-5,14,16H,6-12H2,1H3. The number of nitrogens with one attached hydrogen (secondary N) is 1. The first-order valence-corrected chi connectivity index (χ1v) is 9.34. The number of anilines is 2. The SMILES string of the molecule is CN1CCN(c2ccc(NC3CCS(=O)(=O)C3)cc2)CC1. The highest BCUT2D eigenvalue weighted by atomic mass is 32.2. The van der Waals surface area contributed by atoms with Crippen molar-refractivity contribution in [2.75, 3.05) is 54.9 Å². The molecule has 0 aliphatic carbocycles. The Balaban J connectivity index is 1.59. The zero-order chi connectivity index (χ0) is 14.9. The summed E-state index contributed by atoms with van der Waals surface area (Å²) in [6.45, 7) is 4.31. The molecular formula is C15H23N3O2S. The molecule has 0 saturated carbocycles. The molecule has 1 aromatic carbocycles. The molecule has 2 heterocycles. The summed E-state index contributed by atoms with van der Waals surface area (Å²) in [5.41, 5.74) is 2.25. The van der Waals surface area contributed by atoms with Crippen LogP contribution in [0.4, 0.5) is 11.4 Å². The van der Waals surface area contributed by atoms with E-state index in [-0.39, 0.29) is 11.8 Å². The lowest BCUT2D eigenvalue weighted by Crippen LogP contribution is -2.44. The van der Waals surface area contributed by atoms with E-state index in [9.17, 15) is 8.42 Å². The minimum absolute atomic E-state index is 0.0597. The summed E-state index contributed by atoms with van der Waals surface area (Å²) in [4.78, 5) is 4.73. The molecule has 6 heteroatoms. The van der Waals surface area contributed by atoms with E-state index in [1.54, 1.807) is 0 Å². The summed E-state index contributed by atoms with van der Waals surface area (Å²) in [6, 6.07) is 8.41. The van der Waals surface area contributed by atoms with Gasteiger partial charge in [-0.15, -0.1) is 0 Å². The molecular weight excluding hydrogens is 286 g/mol. The Kier molecular flexibility index (Phi) is 4.08. The van der Waals surface area contributed by atoms with Crippen molar-refractivity contribution in [1.29, 1.82) is 0 Å². The summed E-state index contributed by atoms with van der Waals surface area (Å²) < 4.78 is 22.9. The molecule has 2 saturated heterocycles. The van der Waals surface area contributed by atoms with E-state index in [1.165, 1.54) is 5.69 Å². The van der Waals surface area contributed by atoms with Crippen molar-refractivity contribution < 1.29 is 8.42 Å². The molecule has 1 atom stereocenters. The zero-order valence-corrected chi connectivity index (χ0v) is 13.3. The van der Waals surface area contributed by atoms with Gasteiger partial charge in [-0.05, 0) is 37.7 Å². The normalized spacial score (nSPS) is 26.0. The van der Waals surface area contributed by atoms with Gasteiger partial charge in [0.2, 0.25) is 0 Å². The molecule has 2 aliphatic rings. The van der Waals surface area contributed by atoms with Gasteiger partial charge in [0.25, 0.3) is 0 Å². The Morgan fingerprint density at radius 3 is 2.33 bits per heavy atom. The maximum Gasteiger partial charge on any atom is 0.152 e. The predicted octanol–water partition coefficient (Wildman–Crippen LogP) is 1.04. The fourth-order valence-electron chi connectivity index (χ4n) is 2.98. The summed E-state index contributed by atoms with van der Waals surface area (Å²) in [7, 11) is -0.669. The van der Waals surface area contributed by atoms with Crippen molar-refractivity contribution in [3.05, 3.63) is 24.3 Å². The van der Waals surface area contributed by atoms with Crippen molar-refractivity contribution in [3.63, 3.8) is 0 Å². The highest BCUT2D eigenvalue weighted by Gasteiger charge is 2.27. The van der Waals surface area contributed by atoms with Crippen LogP contribution in [0.3, 0.4) is 0 Å². The average Bonchev–Trinajstić information content (AvgIpc) is 2.80. The Bertz CT molecular complexity index is 577. The number of benzene rings is 1. The first-order valence-electron chi connectivity index (χ1n) is 7.52. The number of likely N-dealkylation sites (N-methyl/N-ethyl adjacent to an activating group) is 1. The van der Waals surface area contributed by atoms with E-state index in [1.807, 2.05) is 0 Å². The van der Waals surface area contributed by atoms with Crippen LogP contribution in [0.5, 0.6) is 0 Å².